The summed E-state index contributed by atoms with van der Waals surface area (Å²) in [5, 5.41) is 3.21. The zero-order valence-corrected chi connectivity index (χ0v) is 21.9. The van der Waals surface area contributed by atoms with Gasteiger partial charge in [0.25, 0.3) is 0 Å². The number of halogens is 1. The molecule has 7 nitrogen and oxygen atoms in total. The molecule has 0 spiro atoms. The first-order valence-electron chi connectivity index (χ1n) is 12.2. The molecule has 1 aliphatic carbocycles. The van der Waals surface area contributed by atoms with Crippen molar-refractivity contribution in [3.63, 3.8) is 0 Å². The number of piperidine rings is 1. The van der Waals surface area contributed by atoms with Crippen LogP contribution in [0.2, 0.25) is 0 Å². The van der Waals surface area contributed by atoms with Gasteiger partial charge >= 0.3 is 0 Å². The molecule has 33 heavy (non-hydrogen) atoms. The van der Waals surface area contributed by atoms with Crippen LogP contribution in [0.5, 0.6) is 0 Å². The van der Waals surface area contributed by atoms with Gasteiger partial charge in [-0.1, -0.05) is 26.7 Å². The first kappa shape index (κ1) is 24.7. The third-order valence-electron chi connectivity index (χ3n) is 7.44. The maximum atomic E-state index is 13.6. The lowest BCUT2D eigenvalue weighted by Gasteiger charge is -2.34. The van der Waals surface area contributed by atoms with Gasteiger partial charge in [0, 0.05) is 42.3 Å². The van der Waals surface area contributed by atoms with Gasteiger partial charge < -0.3 is 10.2 Å². The number of carbonyl (C=O) groups is 2. The van der Waals surface area contributed by atoms with Gasteiger partial charge in [-0.15, -0.1) is 0 Å². The van der Waals surface area contributed by atoms with Crippen LogP contribution in [0.3, 0.4) is 0 Å². The quantitative estimate of drug-likeness (QED) is 0.615. The van der Waals surface area contributed by atoms with Crippen LogP contribution in [-0.2, 0) is 26.0 Å². The Labute approximate surface area is 205 Å². The summed E-state index contributed by atoms with van der Waals surface area (Å²) in [6, 6.07) is 3.64. The van der Waals surface area contributed by atoms with Gasteiger partial charge in [-0.2, -0.15) is 4.31 Å². The number of benzene rings is 1. The maximum Gasteiger partial charge on any atom is 0.244 e. The summed E-state index contributed by atoms with van der Waals surface area (Å²) >= 11 is 3.45. The summed E-state index contributed by atoms with van der Waals surface area (Å²) in [6.45, 7) is 5.15. The molecule has 2 amide bonds. The van der Waals surface area contributed by atoms with E-state index in [-0.39, 0.29) is 35.2 Å². The third-order valence-corrected chi connectivity index (χ3v) is 10.3. The molecule has 9 heteroatoms. The van der Waals surface area contributed by atoms with Gasteiger partial charge in [0.05, 0.1) is 10.8 Å². The van der Waals surface area contributed by atoms with Crippen molar-refractivity contribution in [2.45, 2.75) is 76.2 Å². The monoisotopic (exact) mass is 539 g/mol. The van der Waals surface area contributed by atoms with E-state index in [0.717, 1.165) is 24.8 Å². The summed E-state index contributed by atoms with van der Waals surface area (Å²) < 4.78 is 29.2. The van der Waals surface area contributed by atoms with Crippen molar-refractivity contribution in [1.82, 2.24) is 9.62 Å². The summed E-state index contributed by atoms with van der Waals surface area (Å²) in [5.74, 6) is 0.0868. The molecule has 4 rings (SSSR count). The van der Waals surface area contributed by atoms with Gasteiger partial charge in [-0.05, 0) is 71.6 Å². The topological polar surface area (TPSA) is 86.8 Å². The highest BCUT2D eigenvalue weighted by Gasteiger charge is 2.37. The van der Waals surface area contributed by atoms with Crippen LogP contribution in [0.25, 0.3) is 0 Å². The van der Waals surface area contributed by atoms with Crippen molar-refractivity contribution >= 4 is 43.5 Å². The van der Waals surface area contributed by atoms with Crippen LogP contribution in [-0.4, -0.2) is 50.2 Å². The smallest absolute Gasteiger partial charge is 0.244 e. The van der Waals surface area contributed by atoms with E-state index >= 15 is 0 Å². The van der Waals surface area contributed by atoms with Crippen molar-refractivity contribution in [3.05, 3.63) is 22.2 Å². The second kappa shape index (κ2) is 10.0. The Morgan fingerprint density at radius 3 is 2.61 bits per heavy atom. The van der Waals surface area contributed by atoms with E-state index in [2.05, 4.69) is 28.2 Å². The number of nitrogens with zero attached hydrogens (tertiary/aromatic N) is 2. The summed E-state index contributed by atoms with van der Waals surface area (Å²) in [7, 11) is -3.81. The van der Waals surface area contributed by atoms with E-state index in [1.165, 1.54) is 10.7 Å². The number of anilines is 1. The molecule has 0 radical (unpaired) electrons. The van der Waals surface area contributed by atoms with Gasteiger partial charge in [-0.25, -0.2) is 8.42 Å². The average Bonchev–Trinajstić information content (AvgIpc) is 3.22. The minimum absolute atomic E-state index is 0.00827. The van der Waals surface area contributed by atoms with E-state index < -0.39 is 10.0 Å². The van der Waals surface area contributed by atoms with Gasteiger partial charge in [0.1, 0.15) is 0 Å². The fourth-order valence-electron chi connectivity index (χ4n) is 5.38. The Bertz CT molecular complexity index is 1030. The Morgan fingerprint density at radius 2 is 1.88 bits per heavy atom. The fourth-order valence-corrected chi connectivity index (χ4v) is 7.97. The molecule has 0 unspecified atom stereocenters. The molecular weight excluding hydrogens is 506 g/mol. The second-order valence-electron chi connectivity index (χ2n) is 9.64. The Morgan fingerprint density at radius 1 is 1.12 bits per heavy atom. The Balaban J connectivity index is 1.52. The first-order valence-corrected chi connectivity index (χ1v) is 14.4. The molecule has 0 bridgehead atoms. The largest absolute Gasteiger partial charge is 0.353 e. The minimum atomic E-state index is -3.81. The van der Waals surface area contributed by atoms with E-state index in [0.29, 0.717) is 54.9 Å². The number of carbonyl (C=O) groups excluding carboxylic acids is 2. The van der Waals surface area contributed by atoms with Crippen LogP contribution in [0.4, 0.5) is 5.69 Å². The zero-order valence-electron chi connectivity index (χ0n) is 19.5. The van der Waals surface area contributed by atoms with Crippen LogP contribution >= 0.6 is 15.9 Å². The molecule has 1 aromatic rings. The number of sulfonamides is 1. The van der Waals surface area contributed by atoms with Gasteiger partial charge in [0.2, 0.25) is 21.8 Å². The average molecular weight is 541 g/mol. The molecular formula is C24H34BrN3O4S. The first-order chi connectivity index (χ1) is 15.7. The summed E-state index contributed by atoms with van der Waals surface area (Å²) in [4.78, 5) is 27.2. The highest BCUT2D eigenvalue weighted by molar-refractivity contribution is 9.10. The van der Waals surface area contributed by atoms with Crippen molar-refractivity contribution in [3.8, 4) is 0 Å². The molecule has 1 aromatic carbocycles. The van der Waals surface area contributed by atoms with Gasteiger partial charge in [-0.3, -0.25) is 9.59 Å². The van der Waals surface area contributed by atoms with Crippen molar-refractivity contribution in [2.75, 3.05) is 24.5 Å². The van der Waals surface area contributed by atoms with Crippen LogP contribution in [0, 0.1) is 11.8 Å². The summed E-state index contributed by atoms with van der Waals surface area (Å²) in [5.41, 5.74) is 1.65. The lowest BCUT2D eigenvalue weighted by Crippen LogP contribution is -2.49. The zero-order chi connectivity index (χ0) is 23.8. The molecule has 2 aliphatic heterocycles. The number of amides is 2. The highest BCUT2D eigenvalue weighted by Crippen LogP contribution is 2.37. The summed E-state index contributed by atoms with van der Waals surface area (Å²) in [6.07, 6.45) is 6.90. The normalized spacial score (nSPS) is 26.2. The number of hydrogen-bond donors (Lipinski definition) is 1. The van der Waals surface area contributed by atoms with E-state index in [9.17, 15) is 18.0 Å². The third kappa shape index (κ3) is 5.00. The lowest BCUT2D eigenvalue weighted by molar-refractivity contribution is -0.127. The molecule has 1 saturated heterocycles. The highest BCUT2D eigenvalue weighted by atomic mass is 79.9. The Hall–Kier alpha value is -1.45. The standard InChI is InChI=1S/C24H34BrN3O4S/c1-3-23(29)28-12-10-17-13-19(25)22(14-21(17)28)33(31,32)27-11-6-8-18(15-27)24(30)26-20-9-5-4-7-16(20)2/h13-14,16,18,20H,3-12,15H2,1-2H3,(H,26,30)/t16-,18+,20+/m1/s1. The molecule has 1 N–H and O–H groups in total. The molecule has 2 heterocycles. The van der Waals surface area contributed by atoms with Crippen molar-refractivity contribution in [1.29, 1.82) is 0 Å². The molecule has 2 fully saturated rings. The maximum absolute atomic E-state index is 13.6. The number of nitrogens with one attached hydrogen (secondary N) is 1. The van der Waals surface area contributed by atoms with E-state index in [1.807, 2.05) is 13.0 Å². The number of fused-ring (bicyclic) bond motifs is 1. The van der Waals surface area contributed by atoms with Crippen LogP contribution in [0.15, 0.2) is 21.5 Å². The Kier molecular flexibility index (Phi) is 7.50. The predicted molar refractivity (Wildman–Crippen MR) is 132 cm³/mol. The lowest BCUT2D eigenvalue weighted by atomic mass is 9.85. The predicted octanol–water partition coefficient (Wildman–Crippen LogP) is 3.84. The van der Waals surface area contributed by atoms with E-state index in [1.54, 1.807) is 11.0 Å². The van der Waals surface area contributed by atoms with Gasteiger partial charge in [0.15, 0.2) is 0 Å². The minimum Gasteiger partial charge on any atom is -0.353 e. The van der Waals surface area contributed by atoms with E-state index in [4.69, 9.17) is 0 Å². The van der Waals surface area contributed by atoms with Crippen LogP contribution < -0.4 is 10.2 Å². The second-order valence-corrected chi connectivity index (χ2v) is 12.4. The van der Waals surface area contributed by atoms with Crippen molar-refractivity contribution in [2.24, 2.45) is 11.8 Å². The van der Waals surface area contributed by atoms with Crippen molar-refractivity contribution < 1.29 is 18.0 Å². The number of hydrogen-bond acceptors (Lipinski definition) is 4. The molecule has 182 valence electrons. The molecule has 3 aliphatic rings. The SMILES string of the molecule is CCC(=O)N1CCc2cc(Br)c(S(=O)(=O)N3CCC[C@H](C(=O)N[C@H]4CCCC[C@H]4C)C3)cc21. The molecule has 3 atom stereocenters. The number of rotatable bonds is 5. The molecule has 1 saturated carbocycles. The fraction of sp³-hybridized carbons (Fsp3) is 0.667. The van der Waals surface area contributed by atoms with Crippen LogP contribution in [0.1, 0.15) is 64.4 Å². The molecule has 0 aromatic heterocycles.